The Morgan fingerprint density at radius 1 is 0.421 bits per heavy atom. The summed E-state index contributed by atoms with van der Waals surface area (Å²) in [4.78, 5) is 106. The lowest BCUT2D eigenvalue weighted by Crippen LogP contribution is -2.50. The number of anilines is 4. The summed E-state index contributed by atoms with van der Waals surface area (Å²) in [7, 11) is 1.24. The second kappa shape index (κ2) is 54.4. The molecule has 145 heavy (non-hydrogen) atoms. The number of ether oxygens (including phenoxy) is 5. The monoisotopic (exact) mass is 2370 g/mol. The Morgan fingerprint density at radius 3 is 0.952 bits per heavy atom. The normalized spacial score (nSPS) is 13.5. The number of fused-ring (bicyclic) bond motifs is 4. The van der Waals surface area contributed by atoms with Crippen LogP contribution in [0.3, 0.4) is 0 Å². The van der Waals surface area contributed by atoms with Crippen molar-refractivity contribution in [3.8, 4) is 56.4 Å². The minimum atomic E-state index is -1.85. The molecule has 4 fully saturated rings. The van der Waals surface area contributed by atoms with Crippen LogP contribution in [0.4, 0.5) is 72.4 Å². The van der Waals surface area contributed by atoms with Crippen LogP contribution >= 0.6 is 121 Å². The lowest BCUT2D eigenvalue weighted by atomic mass is 9.79. The molecule has 16 rings (SSSR count). The highest BCUT2D eigenvalue weighted by Crippen LogP contribution is 2.47. The maximum absolute atomic E-state index is 15.7. The molecule has 0 spiro atoms. The van der Waals surface area contributed by atoms with Gasteiger partial charge in [0.1, 0.15) is 128 Å². The SMILES string of the molecule is BrB(Br)Br.C.C=CC(=O)Cl.C=CC(=O)N1CCN(c2ncnc3c(F)c(-c4c(F)cccc4OC)c(Cl)cc23)CC1.C=CC(=O)N1CCN(c2ncnc3c(F)c(-c4c(O)cccc4F)c(Cl)cc23)CC1.CC(C)(C)OC(=O)N1CCN(c2ncnc3c(F)c(Br)c(Cl)cc23)CC1.COc1cccc(F)c1-c1c(Cl)cc2c(N3CCN(C(=O)OC(C)(C)C)CC3)ncnc2c1F.COc1cccc(F)c1B(O)O.[2H]CF. The van der Waals surface area contributed by atoms with Gasteiger partial charge in [-0.25, -0.2) is 84.6 Å². The van der Waals surface area contributed by atoms with E-state index >= 15 is 13.2 Å². The highest BCUT2D eigenvalue weighted by atomic mass is 79.9. The fourth-order valence-corrected chi connectivity index (χ4v) is 16.4. The number of carbonyl (C=O) groups excluding carboxylic acids is 5. The standard InChI is InChI=1S/C24H25ClF2N4O3.C22H19ClF2N4O2.C21H17ClF2N4O2.C17H19BrClFN4O2.C7H8BFO3.C3H3ClO.CH3F.CH4.BBr3/c1-24(2,3)34-23(32)31-10-8-30(9-11-31)22-14-12-15(25)18(20(27)21(14)28-13-29-22)19-16(26)6-5-7-17(19)33-4;1-3-17(30)28-7-9-29(10-8-28)22-13-11-14(23)18(20(25)21(13)26-12-27-22)19-15(24)5-4-6-16(19)31-2;1-2-16(30)27-6-8-28(9-7-27)21-12-10-13(22)17(19(24)20(12)25-11-26-21)18-14(23)4-3-5-15(18)29;1-17(2,3)26-16(25)24-6-4-23(5-7-24)15-10-8-11(19)12(18)13(20)14(10)21-9-22-15;1-12-6-4-2-3-5(9)7(6)8(10)11;1-2-3(4)5;1-2;;2-1(3)4/h5-7,12-13H,8-11H2,1-4H3;3-6,11-12H,1,7-10H2,2H3;2-5,10-11,29H,1,6-9H2;8-9H,4-7H2,1-3H3;2-4,10-11H,1H3;2H,1H2;1H3;1H4;/i;;;;;;1D;;. The quantitative estimate of drug-likeness (QED) is 0.0299. The van der Waals surface area contributed by atoms with Crippen molar-refractivity contribution in [2.24, 2.45) is 0 Å². The van der Waals surface area contributed by atoms with E-state index in [1.807, 2.05) is 61.1 Å². The van der Waals surface area contributed by atoms with Crippen LogP contribution in [-0.2, 0) is 23.9 Å². The summed E-state index contributed by atoms with van der Waals surface area (Å²) in [5.41, 5.74) is -2.08. The molecule has 0 saturated carbocycles. The Hall–Kier alpha value is -11.3. The molecule has 4 saturated heterocycles. The Bertz CT molecular complexity index is 6690. The largest absolute Gasteiger partial charge is 0.507 e. The number of methoxy groups -OCH3 is 3. The molecule has 772 valence electrons. The minimum Gasteiger partial charge on any atom is -0.507 e. The van der Waals surface area contributed by atoms with Crippen molar-refractivity contribution in [2.75, 3.05) is 153 Å². The number of nitrogens with zero attached hydrogens (tertiary/aromatic N) is 16. The molecule has 0 unspecified atom stereocenters. The summed E-state index contributed by atoms with van der Waals surface area (Å²) < 4.78 is 160. The van der Waals surface area contributed by atoms with E-state index in [9.17, 15) is 55.4 Å². The average Bonchev–Trinajstić information content (AvgIpc) is 0.757. The number of benzene rings is 8. The van der Waals surface area contributed by atoms with Gasteiger partial charge in [0.2, 0.25) is 17.1 Å². The van der Waals surface area contributed by atoms with E-state index in [-0.39, 0.29) is 137 Å². The van der Waals surface area contributed by atoms with Crippen molar-refractivity contribution in [3.05, 3.63) is 231 Å². The van der Waals surface area contributed by atoms with Gasteiger partial charge in [0.15, 0.2) is 23.3 Å². The zero-order valence-corrected chi connectivity index (χ0v) is 88.6. The van der Waals surface area contributed by atoms with Crippen molar-refractivity contribution in [1.82, 2.24) is 59.5 Å². The van der Waals surface area contributed by atoms with Gasteiger partial charge in [0, 0.05) is 143 Å². The summed E-state index contributed by atoms with van der Waals surface area (Å²) in [6.07, 6.45) is 7.97. The van der Waals surface area contributed by atoms with Gasteiger partial charge in [-0.3, -0.25) is 18.8 Å². The number of alkyl halides is 1. The third-order valence-corrected chi connectivity index (χ3v) is 23.9. The first-order valence-corrected chi connectivity index (χ1v) is 48.5. The molecule has 0 aliphatic carbocycles. The van der Waals surface area contributed by atoms with Gasteiger partial charge in [-0.1, -0.05) is 97.8 Å². The minimum absolute atomic E-state index is 0. The van der Waals surface area contributed by atoms with Crippen LogP contribution in [0.5, 0.6) is 23.0 Å². The van der Waals surface area contributed by atoms with Crippen LogP contribution in [0.2, 0.25) is 20.1 Å². The van der Waals surface area contributed by atoms with E-state index in [4.69, 9.17) is 93.1 Å². The Balaban J connectivity index is 0.000000220. The number of aromatic hydroxyl groups is 1. The molecule has 3 N–H and O–H groups in total. The lowest BCUT2D eigenvalue weighted by molar-refractivity contribution is -0.127. The van der Waals surface area contributed by atoms with Gasteiger partial charge in [-0.2, -0.15) is 0 Å². The summed E-state index contributed by atoms with van der Waals surface area (Å²) in [5.74, 6) is -3.87. The number of amides is 4. The molecule has 49 heteroatoms. The highest BCUT2D eigenvalue weighted by Gasteiger charge is 2.35. The number of rotatable bonds is 14. The molecular weight excluding hydrogens is 2270 g/mol. The first-order valence-electron chi connectivity index (χ1n) is 43.8. The number of phenolic OH excluding ortho intramolecular Hbond substituents is 1. The number of allylic oxidation sites excluding steroid dienone is 1. The maximum Gasteiger partial charge on any atom is 0.495 e. The van der Waals surface area contributed by atoms with E-state index < -0.39 is 83.0 Å². The van der Waals surface area contributed by atoms with E-state index in [2.05, 4.69) is 123 Å². The predicted octanol–water partition coefficient (Wildman–Crippen LogP) is 21.2. The molecule has 4 aliphatic heterocycles. The maximum atomic E-state index is 15.7. The van der Waals surface area contributed by atoms with E-state index in [1.54, 1.807) is 25.7 Å². The molecule has 4 aliphatic rings. The van der Waals surface area contributed by atoms with E-state index in [0.717, 1.165) is 18.2 Å². The van der Waals surface area contributed by atoms with Crippen molar-refractivity contribution in [3.63, 3.8) is 0 Å². The van der Waals surface area contributed by atoms with E-state index in [1.165, 1.54) is 138 Å². The molecule has 8 heterocycles. The third-order valence-electron chi connectivity index (χ3n) is 21.5. The molecule has 0 bridgehead atoms. The summed E-state index contributed by atoms with van der Waals surface area (Å²) >= 11 is 42.5. The summed E-state index contributed by atoms with van der Waals surface area (Å²) in [6, 6.07) is 22.4. The molecule has 8 aromatic carbocycles. The van der Waals surface area contributed by atoms with Crippen molar-refractivity contribution in [2.45, 2.75) is 60.2 Å². The van der Waals surface area contributed by atoms with Crippen LogP contribution in [0.25, 0.3) is 77.0 Å². The van der Waals surface area contributed by atoms with Crippen molar-refractivity contribution in [1.29, 1.82) is 0 Å². The van der Waals surface area contributed by atoms with Gasteiger partial charge >= 0.3 is 22.5 Å². The molecule has 12 aromatic rings. The zero-order valence-electron chi connectivity index (χ0n) is 79.5. The zero-order chi connectivity index (χ0) is 107. The van der Waals surface area contributed by atoms with Crippen LogP contribution in [-0.4, -0.2) is 259 Å². The fraction of sp³-hybridized carbons (Fsp3) is 0.302. The molecular formula is C96H98B2Br4Cl5F9N16O13. The number of carbonyl (C=O) groups is 5. The number of hydrogen-bond donors (Lipinski definition) is 3. The van der Waals surface area contributed by atoms with Crippen LogP contribution in [0.15, 0.2) is 165 Å². The van der Waals surface area contributed by atoms with Gasteiger partial charge in [-0.05, 0) is 160 Å². The highest BCUT2D eigenvalue weighted by molar-refractivity contribution is 9.69. The third kappa shape index (κ3) is 30.0. The molecule has 29 nitrogen and oxygen atoms in total. The van der Waals surface area contributed by atoms with Gasteiger partial charge in [0.05, 0.1) is 76.6 Å². The molecule has 0 atom stereocenters. The first-order chi connectivity index (χ1) is 68.7. The predicted molar refractivity (Wildman–Crippen MR) is 565 cm³/mol. The van der Waals surface area contributed by atoms with Crippen molar-refractivity contribution >= 4 is 233 Å². The average molecular weight is 2370 g/mol. The van der Waals surface area contributed by atoms with E-state index in [0.29, 0.717) is 150 Å². The fourth-order valence-electron chi connectivity index (χ4n) is 15.1. The number of hydrogen-bond acceptors (Lipinski definition) is 25. The second-order valence-corrected chi connectivity index (χ2v) is 41.9. The topological polar surface area (TPSA) is 321 Å². The number of phenols is 1. The van der Waals surface area contributed by atoms with Gasteiger partial charge in [0.25, 0.3) is 0 Å². The Kier molecular flexibility index (Phi) is 44.0. The van der Waals surface area contributed by atoms with Crippen molar-refractivity contribution < 1.29 is 104 Å². The van der Waals surface area contributed by atoms with Crippen LogP contribution in [0, 0.1) is 46.5 Å². The lowest BCUT2D eigenvalue weighted by Gasteiger charge is -2.36. The molecule has 0 radical (unpaired) electrons. The number of piperazine rings is 4. The Morgan fingerprint density at radius 2 is 0.683 bits per heavy atom. The van der Waals surface area contributed by atoms with Crippen LogP contribution < -0.4 is 39.3 Å². The Labute approximate surface area is 890 Å². The number of halogens is 18. The first kappa shape index (κ1) is 117. The smallest absolute Gasteiger partial charge is 0.495 e. The van der Waals surface area contributed by atoms with Gasteiger partial charge in [-0.15, -0.1) is 47.3 Å². The summed E-state index contributed by atoms with van der Waals surface area (Å²) in [5, 5.41) is 29.0. The molecule has 4 amide bonds. The summed E-state index contributed by atoms with van der Waals surface area (Å²) in [6.45, 7) is 28.8. The molecule has 4 aromatic heterocycles. The number of aromatic nitrogens is 8. The van der Waals surface area contributed by atoms with Crippen LogP contribution in [0.1, 0.15) is 50.3 Å². The second-order valence-electron chi connectivity index (χ2n) is 32.7. The van der Waals surface area contributed by atoms with Gasteiger partial charge < -0.3 is 78.0 Å².